The van der Waals surface area contributed by atoms with E-state index in [2.05, 4.69) is 5.32 Å². The average Bonchev–Trinajstić information content (AvgIpc) is 2.54. The molecule has 0 aliphatic rings. The molecule has 0 aliphatic heterocycles. The van der Waals surface area contributed by atoms with Gasteiger partial charge in [0.05, 0.1) is 0 Å². The van der Waals surface area contributed by atoms with Crippen LogP contribution in [0, 0.1) is 6.92 Å². The Bertz CT molecular complexity index is 638. The molecule has 2 aromatic carbocycles. The van der Waals surface area contributed by atoms with E-state index in [4.69, 9.17) is 4.74 Å². The highest BCUT2D eigenvalue weighted by Crippen LogP contribution is 2.09. The lowest BCUT2D eigenvalue weighted by Crippen LogP contribution is -2.26. The lowest BCUT2D eigenvalue weighted by atomic mass is 10.0. The highest BCUT2D eigenvalue weighted by molar-refractivity contribution is 5.97. The summed E-state index contributed by atoms with van der Waals surface area (Å²) >= 11 is 0. The molecule has 0 spiro atoms. The largest absolute Gasteiger partial charge is 0.445 e. The van der Waals surface area contributed by atoms with E-state index in [1.165, 1.54) is 0 Å². The third-order valence-corrected chi connectivity index (χ3v) is 3.28. The van der Waals surface area contributed by atoms with Crippen LogP contribution in [-0.2, 0) is 11.3 Å². The molecule has 0 bridgehead atoms. The number of amides is 1. The maximum Gasteiger partial charge on any atom is 0.407 e. The Hall–Kier alpha value is -2.62. The topological polar surface area (TPSA) is 55.4 Å². The molecule has 1 N–H and O–H groups in total. The van der Waals surface area contributed by atoms with Crippen molar-refractivity contribution in [1.82, 2.24) is 5.32 Å². The van der Waals surface area contributed by atoms with Gasteiger partial charge in [-0.2, -0.15) is 0 Å². The van der Waals surface area contributed by atoms with Gasteiger partial charge in [-0.25, -0.2) is 4.79 Å². The predicted molar refractivity (Wildman–Crippen MR) is 84.8 cm³/mol. The Morgan fingerprint density at radius 2 is 1.68 bits per heavy atom. The van der Waals surface area contributed by atoms with Gasteiger partial charge < -0.3 is 10.1 Å². The van der Waals surface area contributed by atoms with Crippen molar-refractivity contribution < 1.29 is 14.3 Å². The van der Waals surface area contributed by atoms with Gasteiger partial charge in [0.25, 0.3) is 0 Å². The van der Waals surface area contributed by atoms with Crippen LogP contribution in [0.2, 0.25) is 0 Å². The molecule has 0 aromatic heterocycles. The van der Waals surface area contributed by atoms with E-state index in [0.717, 1.165) is 11.1 Å². The van der Waals surface area contributed by atoms with E-state index in [9.17, 15) is 9.59 Å². The fourth-order valence-corrected chi connectivity index (χ4v) is 2.07. The molecule has 2 aromatic rings. The van der Waals surface area contributed by atoms with Crippen molar-refractivity contribution in [1.29, 1.82) is 0 Å². The van der Waals surface area contributed by atoms with Crippen LogP contribution in [-0.4, -0.2) is 18.4 Å². The SMILES string of the molecule is Cc1ccccc1C(=O)CCNC(=O)OCc1ccccc1. The minimum absolute atomic E-state index is 0.0152. The van der Waals surface area contributed by atoms with E-state index in [0.29, 0.717) is 5.56 Å². The number of hydrogen-bond acceptors (Lipinski definition) is 3. The summed E-state index contributed by atoms with van der Waals surface area (Å²) in [6.07, 6.45) is -0.257. The molecular formula is C18H19NO3. The molecule has 0 unspecified atom stereocenters. The maximum absolute atomic E-state index is 12.0. The highest BCUT2D eigenvalue weighted by Gasteiger charge is 2.09. The second-order valence-corrected chi connectivity index (χ2v) is 4.98. The van der Waals surface area contributed by atoms with Gasteiger partial charge in [-0.1, -0.05) is 54.6 Å². The quantitative estimate of drug-likeness (QED) is 0.830. The molecule has 2 rings (SSSR count). The summed E-state index contributed by atoms with van der Waals surface area (Å²) in [5.41, 5.74) is 2.56. The van der Waals surface area contributed by atoms with Gasteiger partial charge in [0.15, 0.2) is 5.78 Å². The van der Waals surface area contributed by atoms with Gasteiger partial charge in [0.1, 0.15) is 6.61 Å². The van der Waals surface area contributed by atoms with E-state index >= 15 is 0 Å². The highest BCUT2D eigenvalue weighted by atomic mass is 16.5. The number of hydrogen-bond donors (Lipinski definition) is 1. The summed E-state index contributed by atoms with van der Waals surface area (Å²) in [6.45, 7) is 2.38. The Labute approximate surface area is 130 Å². The number of Topliss-reactive ketones (excluding diaryl/α,β-unsaturated/α-hetero) is 1. The number of alkyl carbamates (subject to hydrolysis) is 1. The predicted octanol–water partition coefficient (Wildman–Crippen LogP) is 3.49. The minimum Gasteiger partial charge on any atom is -0.445 e. The molecule has 1 amide bonds. The van der Waals surface area contributed by atoms with Crippen molar-refractivity contribution in [3.63, 3.8) is 0 Å². The number of rotatable bonds is 6. The van der Waals surface area contributed by atoms with Gasteiger partial charge in [0.2, 0.25) is 0 Å². The average molecular weight is 297 g/mol. The van der Waals surface area contributed by atoms with Crippen LogP contribution in [0.15, 0.2) is 54.6 Å². The molecule has 0 saturated carbocycles. The maximum atomic E-state index is 12.0. The molecule has 4 heteroatoms. The van der Waals surface area contributed by atoms with Gasteiger partial charge in [0, 0.05) is 18.5 Å². The van der Waals surface area contributed by atoms with Crippen molar-refractivity contribution in [2.45, 2.75) is 20.0 Å². The first-order valence-corrected chi connectivity index (χ1v) is 7.20. The van der Waals surface area contributed by atoms with Crippen LogP contribution in [0.5, 0.6) is 0 Å². The summed E-state index contributed by atoms with van der Waals surface area (Å²) in [6, 6.07) is 16.9. The number of ether oxygens (including phenoxy) is 1. The number of aryl methyl sites for hydroxylation is 1. The summed E-state index contributed by atoms with van der Waals surface area (Å²) in [5.74, 6) is 0.0152. The van der Waals surface area contributed by atoms with Crippen LogP contribution in [0.4, 0.5) is 4.79 Å². The van der Waals surface area contributed by atoms with Crippen LogP contribution >= 0.6 is 0 Å². The zero-order valence-electron chi connectivity index (χ0n) is 12.5. The fourth-order valence-electron chi connectivity index (χ4n) is 2.07. The van der Waals surface area contributed by atoms with Gasteiger partial charge >= 0.3 is 6.09 Å². The number of carbonyl (C=O) groups is 2. The monoisotopic (exact) mass is 297 g/mol. The summed E-state index contributed by atoms with van der Waals surface area (Å²) in [4.78, 5) is 23.6. The Morgan fingerprint density at radius 1 is 1.00 bits per heavy atom. The molecule has 0 fully saturated rings. The number of benzene rings is 2. The van der Waals surface area contributed by atoms with E-state index in [1.54, 1.807) is 6.07 Å². The first-order chi connectivity index (χ1) is 10.7. The molecule has 22 heavy (non-hydrogen) atoms. The molecule has 0 saturated heterocycles. The van der Waals surface area contributed by atoms with E-state index in [-0.39, 0.29) is 25.4 Å². The fraction of sp³-hybridized carbons (Fsp3) is 0.222. The van der Waals surface area contributed by atoms with Crippen LogP contribution in [0.25, 0.3) is 0 Å². The molecule has 0 aliphatic carbocycles. The second-order valence-electron chi connectivity index (χ2n) is 4.98. The molecular weight excluding hydrogens is 278 g/mol. The first-order valence-electron chi connectivity index (χ1n) is 7.20. The van der Waals surface area contributed by atoms with Gasteiger partial charge in [-0.05, 0) is 18.1 Å². The smallest absolute Gasteiger partial charge is 0.407 e. The number of carbonyl (C=O) groups excluding carboxylic acids is 2. The van der Waals surface area contributed by atoms with Crippen molar-refractivity contribution in [3.8, 4) is 0 Å². The van der Waals surface area contributed by atoms with Crippen molar-refractivity contribution >= 4 is 11.9 Å². The van der Waals surface area contributed by atoms with Crippen molar-refractivity contribution in [2.24, 2.45) is 0 Å². The Morgan fingerprint density at radius 3 is 2.41 bits per heavy atom. The lowest BCUT2D eigenvalue weighted by Gasteiger charge is -2.07. The zero-order chi connectivity index (χ0) is 15.8. The lowest BCUT2D eigenvalue weighted by molar-refractivity contribution is 0.0980. The van der Waals surface area contributed by atoms with E-state index in [1.807, 2.05) is 55.5 Å². The third kappa shape index (κ3) is 4.74. The summed E-state index contributed by atoms with van der Waals surface area (Å²) in [5, 5.41) is 2.59. The molecule has 4 nitrogen and oxygen atoms in total. The number of ketones is 1. The van der Waals surface area contributed by atoms with Gasteiger partial charge in [-0.3, -0.25) is 4.79 Å². The van der Waals surface area contributed by atoms with Crippen LogP contribution in [0.1, 0.15) is 27.9 Å². The third-order valence-electron chi connectivity index (χ3n) is 3.28. The van der Waals surface area contributed by atoms with Gasteiger partial charge in [-0.15, -0.1) is 0 Å². The normalized spacial score (nSPS) is 10.0. The Balaban J connectivity index is 1.71. The van der Waals surface area contributed by atoms with Crippen LogP contribution in [0.3, 0.4) is 0 Å². The molecule has 0 atom stereocenters. The molecule has 0 radical (unpaired) electrons. The van der Waals surface area contributed by atoms with Crippen LogP contribution < -0.4 is 5.32 Å². The Kier molecular flexibility index (Phi) is 5.72. The summed E-state index contributed by atoms with van der Waals surface area (Å²) < 4.78 is 5.08. The standard InChI is InChI=1S/C18H19NO3/c1-14-7-5-6-10-16(14)17(20)11-12-19-18(21)22-13-15-8-3-2-4-9-15/h2-10H,11-13H2,1H3,(H,19,21). The first kappa shape index (κ1) is 15.8. The number of nitrogens with one attached hydrogen (secondary N) is 1. The van der Waals surface area contributed by atoms with E-state index < -0.39 is 6.09 Å². The zero-order valence-corrected chi connectivity index (χ0v) is 12.5. The summed E-state index contributed by atoms with van der Waals surface area (Å²) in [7, 11) is 0. The molecule has 0 heterocycles. The molecule has 114 valence electrons. The van der Waals surface area contributed by atoms with Crippen molar-refractivity contribution in [2.75, 3.05) is 6.54 Å². The second kappa shape index (κ2) is 7.98. The minimum atomic E-state index is -0.513. The van der Waals surface area contributed by atoms with Crippen molar-refractivity contribution in [3.05, 3.63) is 71.3 Å².